The number of fused-ring (bicyclic) bond motifs is 2. The van der Waals surface area contributed by atoms with E-state index in [1.54, 1.807) is 11.0 Å². The average Bonchev–Trinajstić information content (AvgIpc) is 3.58. The number of piperidine rings is 3. The van der Waals surface area contributed by atoms with Crippen LogP contribution in [0, 0.1) is 18.7 Å². The molecule has 47 heavy (non-hydrogen) atoms. The zero-order chi connectivity index (χ0) is 32.5. The molecule has 3 fully saturated rings. The smallest absolute Gasteiger partial charge is 0.322 e. The molecule has 4 aliphatic heterocycles. The predicted octanol–water partition coefficient (Wildman–Crippen LogP) is 4.88. The molecular weight excluding hydrogens is 597 g/mol. The minimum absolute atomic E-state index is 0.0129. The Balaban J connectivity index is 1.09. The minimum atomic E-state index is -0.423. The van der Waals surface area contributed by atoms with Gasteiger partial charge in [-0.05, 0) is 74.3 Å². The Morgan fingerprint density at radius 3 is 2.60 bits per heavy atom. The Labute approximate surface area is 275 Å². The fourth-order valence-corrected chi connectivity index (χ4v) is 8.80. The summed E-state index contributed by atoms with van der Waals surface area (Å²) in [5.74, 6) is -0.593. The summed E-state index contributed by atoms with van der Waals surface area (Å²) in [6.45, 7) is 7.06. The average molecular weight is 645 g/mol. The molecular formula is C36H47FN7O3+. The quantitative estimate of drug-likeness (QED) is 0.318. The minimum Gasteiger partial charge on any atom is -0.343 e. The van der Waals surface area contributed by atoms with Crippen LogP contribution in [0.1, 0.15) is 68.1 Å². The maximum absolute atomic E-state index is 14.9. The highest BCUT2D eigenvalue weighted by Gasteiger charge is 2.49. The summed E-state index contributed by atoms with van der Waals surface area (Å²) < 4.78 is 14.8. The van der Waals surface area contributed by atoms with E-state index in [2.05, 4.69) is 39.9 Å². The van der Waals surface area contributed by atoms with Crippen molar-refractivity contribution in [2.75, 3.05) is 44.6 Å². The van der Waals surface area contributed by atoms with Crippen molar-refractivity contribution in [2.45, 2.75) is 83.3 Å². The van der Waals surface area contributed by atoms with Crippen molar-refractivity contribution >= 4 is 34.4 Å². The van der Waals surface area contributed by atoms with Crippen LogP contribution >= 0.6 is 0 Å². The topological polar surface area (TPSA) is 110 Å². The number of hydrogen-bond acceptors (Lipinski definition) is 5. The Bertz CT molecular complexity index is 1640. The molecule has 0 spiro atoms. The fraction of sp³-hybridized carbons (Fsp3) is 0.556. The molecule has 0 saturated carbocycles. The standard InChI is InChI=1S/C36H46FN7O3/c1-24-18-25(20-28-22-39-41-33(24)28)19-27(35(46)44(16-3-2-4-17-44)30-8-12-38-13-9-30)21-32(45)42-14-10-29(11-15-42)43-23-26-6-5-7-31(37)34(26)40-36(43)47/h5-7,18,20,22,27,29-30,38H,2-4,8-17,19,21,23H2,1H3,(H-,39,40,41,47)/p+1. The van der Waals surface area contributed by atoms with Gasteiger partial charge in [0, 0.05) is 63.4 Å². The normalized spacial score (nSPS) is 21.4. The van der Waals surface area contributed by atoms with Crippen molar-refractivity contribution in [3.05, 3.63) is 59.0 Å². The SMILES string of the molecule is Cc1cc(CC(CC(=O)N2CCC(N3Cc4cccc(F)c4NC3=O)CC2)C(=O)[N+]2(C3CCNCC3)CCCCC2)cc2cn[nH]c12. The highest BCUT2D eigenvalue weighted by molar-refractivity contribution is 5.92. The number of amides is 4. The van der Waals surface area contributed by atoms with Gasteiger partial charge in [0.05, 0.1) is 42.5 Å². The lowest BCUT2D eigenvalue weighted by atomic mass is 9.87. The second kappa shape index (κ2) is 13.4. The monoisotopic (exact) mass is 644 g/mol. The largest absolute Gasteiger partial charge is 0.343 e. The summed E-state index contributed by atoms with van der Waals surface area (Å²) in [7, 11) is 0. The van der Waals surface area contributed by atoms with Gasteiger partial charge in [0.25, 0.3) is 0 Å². The number of aryl methyl sites for hydroxylation is 1. The molecule has 7 rings (SSSR count). The second-order valence-electron chi connectivity index (χ2n) is 14.2. The van der Waals surface area contributed by atoms with E-state index in [4.69, 9.17) is 0 Å². The Hall–Kier alpha value is -3.83. The molecule has 4 amide bonds. The summed E-state index contributed by atoms with van der Waals surface area (Å²) >= 11 is 0. The number of nitrogens with zero attached hydrogens (tertiary/aromatic N) is 4. The first-order chi connectivity index (χ1) is 22.8. The highest BCUT2D eigenvalue weighted by Crippen LogP contribution is 2.34. The molecule has 1 unspecified atom stereocenters. The van der Waals surface area contributed by atoms with Gasteiger partial charge in [-0.1, -0.05) is 18.2 Å². The molecule has 11 heteroatoms. The number of quaternary nitrogens is 1. The molecule has 0 radical (unpaired) electrons. The van der Waals surface area contributed by atoms with E-state index in [-0.39, 0.29) is 36.0 Å². The van der Waals surface area contributed by atoms with Gasteiger partial charge >= 0.3 is 11.9 Å². The molecule has 10 nitrogen and oxygen atoms in total. The summed E-state index contributed by atoms with van der Waals surface area (Å²) in [4.78, 5) is 45.6. The number of halogens is 1. The van der Waals surface area contributed by atoms with Crippen LogP contribution < -0.4 is 10.6 Å². The molecule has 3 saturated heterocycles. The number of urea groups is 1. The van der Waals surface area contributed by atoms with Crippen LogP contribution in [0.25, 0.3) is 10.9 Å². The molecule has 1 aromatic heterocycles. The maximum atomic E-state index is 14.9. The molecule has 4 aliphatic rings. The van der Waals surface area contributed by atoms with Gasteiger partial charge in [-0.3, -0.25) is 14.4 Å². The van der Waals surface area contributed by atoms with Gasteiger partial charge in [0.2, 0.25) is 5.91 Å². The van der Waals surface area contributed by atoms with Crippen molar-refractivity contribution in [1.29, 1.82) is 0 Å². The van der Waals surface area contributed by atoms with Gasteiger partial charge in [-0.25, -0.2) is 14.0 Å². The predicted molar refractivity (Wildman–Crippen MR) is 178 cm³/mol. The number of nitrogens with one attached hydrogen (secondary N) is 3. The number of benzene rings is 2. The molecule has 3 aromatic rings. The lowest BCUT2D eigenvalue weighted by Gasteiger charge is -2.48. The van der Waals surface area contributed by atoms with Gasteiger partial charge in [0.1, 0.15) is 5.82 Å². The summed E-state index contributed by atoms with van der Waals surface area (Å²) in [5.41, 5.74) is 4.17. The van der Waals surface area contributed by atoms with E-state index >= 15 is 0 Å². The second-order valence-corrected chi connectivity index (χ2v) is 14.2. The van der Waals surface area contributed by atoms with Crippen molar-refractivity contribution in [1.82, 2.24) is 25.3 Å². The van der Waals surface area contributed by atoms with Crippen LogP contribution in [0.3, 0.4) is 0 Å². The number of rotatable bonds is 7. The van der Waals surface area contributed by atoms with E-state index < -0.39 is 11.7 Å². The van der Waals surface area contributed by atoms with Crippen molar-refractivity contribution in [2.24, 2.45) is 5.92 Å². The van der Waals surface area contributed by atoms with Crippen LogP contribution in [0.2, 0.25) is 0 Å². The van der Waals surface area contributed by atoms with E-state index in [0.29, 0.717) is 49.4 Å². The van der Waals surface area contributed by atoms with Crippen LogP contribution in [-0.4, -0.2) is 93.7 Å². The third-order valence-corrected chi connectivity index (χ3v) is 11.3. The molecule has 1 atom stereocenters. The third-order valence-electron chi connectivity index (χ3n) is 11.3. The zero-order valence-corrected chi connectivity index (χ0v) is 27.4. The fourth-order valence-electron chi connectivity index (χ4n) is 8.80. The molecule has 3 N–H and O–H groups in total. The van der Waals surface area contributed by atoms with E-state index in [9.17, 15) is 18.8 Å². The van der Waals surface area contributed by atoms with E-state index in [1.807, 2.05) is 17.2 Å². The van der Waals surface area contributed by atoms with Gasteiger partial charge in [-0.15, -0.1) is 0 Å². The van der Waals surface area contributed by atoms with Crippen molar-refractivity contribution in [3.8, 4) is 0 Å². The van der Waals surface area contributed by atoms with Crippen LogP contribution in [-0.2, 0) is 22.6 Å². The molecule has 2 aromatic carbocycles. The molecule has 5 heterocycles. The number of para-hydroxylation sites is 1. The molecule has 250 valence electrons. The van der Waals surface area contributed by atoms with Crippen LogP contribution in [0.15, 0.2) is 36.5 Å². The molecule has 0 bridgehead atoms. The number of anilines is 1. The van der Waals surface area contributed by atoms with Gasteiger partial charge < -0.3 is 20.4 Å². The number of likely N-dealkylation sites (tertiary alicyclic amines) is 2. The first kappa shape index (κ1) is 31.8. The van der Waals surface area contributed by atoms with Crippen molar-refractivity contribution < 1.29 is 23.3 Å². The number of hydrogen-bond donors (Lipinski definition) is 3. The number of aromatic amines is 1. The van der Waals surface area contributed by atoms with Gasteiger partial charge in [-0.2, -0.15) is 5.10 Å². The number of carbonyl (C=O) groups excluding carboxylic acids is 3. The number of aromatic nitrogens is 2. The summed E-state index contributed by atoms with van der Waals surface area (Å²) in [6.07, 6.45) is 9.05. The first-order valence-corrected chi connectivity index (χ1v) is 17.5. The lowest BCUT2D eigenvalue weighted by Crippen LogP contribution is -2.65. The highest BCUT2D eigenvalue weighted by atomic mass is 19.1. The van der Waals surface area contributed by atoms with Crippen LogP contribution in [0.4, 0.5) is 14.9 Å². The molecule has 0 aliphatic carbocycles. The third kappa shape index (κ3) is 6.27. The van der Waals surface area contributed by atoms with E-state index in [0.717, 1.165) is 85.9 Å². The van der Waals surface area contributed by atoms with Crippen LogP contribution in [0.5, 0.6) is 0 Å². The zero-order valence-electron chi connectivity index (χ0n) is 27.4. The Kier molecular flexibility index (Phi) is 9.02. The Morgan fingerprint density at radius 2 is 1.83 bits per heavy atom. The Morgan fingerprint density at radius 1 is 1.06 bits per heavy atom. The van der Waals surface area contributed by atoms with E-state index in [1.165, 1.54) is 6.07 Å². The summed E-state index contributed by atoms with van der Waals surface area (Å²) in [5, 5.41) is 14.5. The maximum Gasteiger partial charge on any atom is 0.322 e. The van der Waals surface area contributed by atoms with Crippen molar-refractivity contribution in [3.63, 3.8) is 0 Å². The number of H-pyrrole nitrogens is 1. The van der Waals surface area contributed by atoms with Gasteiger partial charge in [0.15, 0.2) is 0 Å². The first-order valence-electron chi connectivity index (χ1n) is 17.5. The summed E-state index contributed by atoms with van der Waals surface area (Å²) in [6, 6.07) is 9.07. The lowest BCUT2D eigenvalue weighted by molar-refractivity contribution is -0.887. The number of carbonyl (C=O) groups is 3.